The van der Waals surface area contributed by atoms with Gasteiger partial charge in [0.05, 0.1) is 64.8 Å². The number of methoxy groups -OCH3 is 1. The second-order valence-electron chi connectivity index (χ2n) is 13.7. The lowest BCUT2D eigenvalue weighted by atomic mass is 10.1. The second kappa shape index (κ2) is 19.0. The number of benzene rings is 6. The van der Waals surface area contributed by atoms with Crippen molar-refractivity contribution >= 4 is 57.0 Å². The van der Waals surface area contributed by atoms with Crippen LogP contribution in [0.4, 0.5) is 23.0 Å². The number of hydrogen-bond acceptors (Lipinski definition) is 12. The minimum Gasteiger partial charge on any atom is -0.490 e. The fourth-order valence-electron chi connectivity index (χ4n) is 7.20. The van der Waals surface area contributed by atoms with Crippen LogP contribution >= 0.6 is 0 Å². The fourth-order valence-corrected chi connectivity index (χ4v) is 7.20. The fraction of sp³-hybridized carbons (Fsp3) is 0.143. The third-order valence-electron chi connectivity index (χ3n) is 10.0. The lowest BCUT2D eigenvalue weighted by Gasteiger charge is -2.31. The summed E-state index contributed by atoms with van der Waals surface area (Å²) in [4.78, 5) is 47.2. The van der Waals surface area contributed by atoms with Gasteiger partial charge in [0.25, 0.3) is 0 Å². The highest BCUT2D eigenvalue weighted by atomic mass is 16.5. The Balaban J connectivity index is 0.000000177. The molecule has 2 aliphatic heterocycles. The molecule has 2 N–H and O–H groups in total. The SMILES string of the molecule is C.CO.COC(=O)c1ccc2nc(-c3ccccc3)c(N3CCOc4ccccc43)nc2c1.O=C(O)c1ccc2nc(-c3ccccc3)c(N3CCOc4ccccc43)nc2c1. The smallest absolute Gasteiger partial charge is 0.337 e. The number of carbonyl (C=O) groups excluding carboxylic acids is 1. The largest absolute Gasteiger partial charge is 0.490 e. The standard InChI is InChI=1S/C24H19N3O3.C23H17N3O3.CH4O.CH4/c1-29-24(28)17-11-12-18-19(15-17)26-23(22(25-18)16-7-3-2-4-8-16)27-13-14-30-21-10-6-5-9-20(21)27;27-23(28)16-10-11-17-18(14-16)25-22(21(24-17)15-6-2-1-3-7-15)26-12-13-29-20-9-5-4-8-19(20)26;1-2;/h2-12,15H,13-14H2,1H3;1-11,14H,12-13H2,(H,27,28);2H,1H3;1H4. The Hall–Kier alpha value is -7.90. The third kappa shape index (κ3) is 8.56. The summed E-state index contributed by atoms with van der Waals surface area (Å²) in [7, 11) is 2.37. The molecule has 0 atom stereocenters. The van der Waals surface area contributed by atoms with E-state index in [-0.39, 0.29) is 13.0 Å². The number of aromatic carboxylic acids is 1. The van der Waals surface area contributed by atoms with Crippen molar-refractivity contribution in [2.24, 2.45) is 0 Å². The molecule has 0 aliphatic carbocycles. The first-order valence-corrected chi connectivity index (χ1v) is 19.4. The van der Waals surface area contributed by atoms with Crippen LogP contribution in [-0.2, 0) is 4.74 Å². The second-order valence-corrected chi connectivity index (χ2v) is 13.7. The number of rotatable bonds is 6. The topological polar surface area (TPSA) is 160 Å². The number of aromatic nitrogens is 4. The van der Waals surface area contributed by atoms with E-state index in [4.69, 9.17) is 39.3 Å². The highest BCUT2D eigenvalue weighted by Gasteiger charge is 2.26. The summed E-state index contributed by atoms with van der Waals surface area (Å²) < 4.78 is 16.5. The van der Waals surface area contributed by atoms with E-state index in [1.54, 1.807) is 36.4 Å². The van der Waals surface area contributed by atoms with Gasteiger partial charge < -0.3 is 34.2 Å². The maximum atomic E-state index is 12.0. The molecule has 13 nitrogen and oxygen atoms in total. The quantitative estimate of drug-likeness (QED) is 0.153. The maximum Gasteiger partial charge on any atom is 0.337 e. The van der Waals surface area contributed by atoms with Crippen LogP contribution in [0, 0.1) is 0 Å². The molecule has 6 aromatic carbocycles. The van der Waals surface area contributed by atoms with Crippen molar-refractivity contribution in [1.29, 1.82) is 0 Å². The van der Waals surface area contributed by atoms with E-state index in [2.05, 4.69) is 9.80 Å². The molecule has 0 amide bonds. The Morgan fingerprint density at radius 1 is 0.548 bits per heavy atom. The Labute approximate surface area is 358 Å². The molecular formula is C49H44N6O7. The van der Waals surface area contributed by atoms with Crippen LogP contribution in [-0.4, -0.2) is 82.6 Å². The lowest BCUT2D eigenvalue weighted by Crippen LogP contribution is -2.29. The van der Waals surface area contributed by atoms with Crippen LogP contribution in [0.5, 0.6) is 11.5 Å². The Bertz CT molecular complexity index is 2860. The summed E-state index contributed by atoms with van der Waals surface area (Å²) >= 11 is 0. The zero-order valence-electron chi connectivity index (χ0n) is 33.3. The van der Waals surface area contributed by atoms with Crippen LogP contribution in [0.1, 0.15) is 28.1 Å². The molecule has 13 heteroatoms. The predicted octanol–water partition coefficient (Wildman–Crippen LogP) is 9.38. The zero-order valence-corrected chi connectivity index (χ0v) is 33.3. The molecule has 0 saturated carbocycles. The molecule has 0 unspecified atom stereocenters. The van der Waals surface area contributed by atoms with Gasteiger partial charge in [-0.05, 0) is 60.7 Å². The Morgan fingerprint density at radius 2 is 0.968 bits per heavy atom. The molecule has 0 bridgehead atoms. The first kappa shape index (κ1) is 42.2. The van der Waals surface area contributed by atoms with Gasteiger partial charge in [-0.3, -0.25) is 0 Å². The van der Waals surface area contributed by atoms with Gasteiger partial charge in [-0.15, -0.1) is 0 Å². The Kier molecular flexibility index (Phi) is 12.9. The van der Waals surface area contributed by atoms with Gasteiger partial charge in [-0.25, -0.2) is 29.5 Å². The molecule has 0 fully saturated rings. The number of carbonyl (C=O) groups is 2. The van der Waals surface area contributed by atoms with Crippen molar-refractivity contribution < 1.29 is 34.0 Å². The van der Waals surface area contributed by atoms with Crippen LogP contribution in [0.2, 0.25) is 0 Å². The van der Waals surface area contributed by atoms with Crippen molar-refractivity contribution in [3.8, 4) is 34.0 Å². The van der Waals surface area contributed by atoms with Crippen LogP contribution in [0.3, 0.4) is 0 Å². The summed E-state index contributed by atoms with van der Waals surface area (Å²) in [5.74, 6) is 1.63. The number of ether oxygens (including phenoxy) is 3. The number of carboxylic acid groups (broad SMARTS) is 1. The van der Waals surface area contributed by atoms with E-state index in [9.17, 15) is 14.7 Å². The van der Waals surface area contributed by atoms with Crippen molar-refractivity contribution in [3.05, 3.63) is 157 Å². The molecule has 2 aliphatic rings. The molecule has 4 heterocycles. The number of aliphatic hydroxyl groups is 1. The average molecular weight is 829 g/mol. The van der Waals surface area contributed by atoms with Gasteiger partial charge in [0.15, 0.2) is 11.6 Å². The summed E-state index contributed by atoms with van der Waals surface area (Å²) in [5.41, 5.74) is 8.49. The first-order valence-electron chi connectivity index (χ1n) is 19.4. The number of nitrogens with zero attached hydrogens (tertiary/aromatic N) is 6. The molecule has 312 valence electrons. The van der Waals surface area contributed by atoms with Gasteiger partial charge >= 0.3 is 11.9 Å². The summed E-state index contributed by atoms with van der Waals surface area (Å²) in [6.07, 6.45) is 0. The summed E-state index contributed by atoms with van der Waals surface area (Å²) in [5, 5.41) is 16.3. The van der Waals surface area contributed by atoms with Crippen molar-refractivity contribution in [2.45, 2.75) is 7.43 Å². The molecule has 0 radical (unpaired) electrons. The van der Waals surface area contributed by atoms with E-state index in [0.29, 0.717) is 59.8 Å². The number of fused-ring (bicyclic) bond motifs is 4. The van der Waals surface area contributed by atoms with Crippen LogP contribution < -0.4 is 19.3 Å². The zero-order chi connectivity index (χ0) is 42.3. The van der Waals surface area contributed by atoms with Gasteiger partial charge in [0.1, 0.15) is 36.1 Å². The number of carboxylic acids is 1. The highest BCUT2D eigenvalue weighted by molar-refractivity contribution is 5.96. The van der Waals surface area contributed by atoms with Crippen molar-refractivity contribution in [1.82, 2.24) is 19.9 Å². The first-order chi connectivity index (χ1) is 29.9. The molecule has 0 saturated heterocycles. The summed E-state index contributed by atoms with van der Waals surface area (Å²) in [6, 6.07) is 45.6. The van der Waals surface area contributed by atoms with Gasteiger partial charge in [-0.1, -0.05) is 92.4 Å². The number of para-hydroxylation sites is 4. The predicted molar refractivity (Wildman–Crippen MR) is 241 cm³/mol. The normalized spacial score (nSPS) is 12.4. The van der Waals surface area contributed by atoms with Crippen molar-refractivity contribution in [3.63, 3.8) is 0 Å². The van der Waals surface area contributed by atoms with Gasteiger partial charge in [-0.2, -0.15) is 0 Å². The lowest BCUT2D eigenvalue weighted by molar-refractivity contribution is 0.0600. The third-order valence-corrected chi connectivity index (χ3v) is 10.0. The molecule has 62 heavy (non-hydrogen) atoms. The minimum atomic E-state index is -0.987. The monoisotopic (exact) mass is 828 g/mol. The van der Waals surface area contributed by atoms with E-state index in [1.807, 2.05) is 109 Å². The van der Waals surface area contributed by atoms with E-state index >= 15 is 0 Å². The van der Waals surface area contributed by atoms with Gasteiger partial charge in [0, 0.05) is 18.2 Å². The number of aliphatic hydroxyl groups excluding tert-OH is 1. The molecular weight excluding hydrogens is 785 g/mol. The average Bonchev–Trinajstić information content (AvgIpc) is 3.33. The summed E-state index contributed by atoms with van der Waals surface area (Å²) in [6.45, 7) is 2.34. The minimum absolute atomic E-state index is 0. The van der Waals surface area contributed by atoms with E-state index < -0.39 is 11.9 Å². The van der Waals surface area contributed by atoms with E-state index in [1.165, 1.54) is 7.11 Å². The van der Waals surface area contributed by atoms with Crippen molar-refractivity contribution in [2.75, 3.05) is 50.3 Å². The molecule has 10 rings (SSSR count). The Morgan fingerprint density at radius 3 is 1.42 bits per heavy atom. The van der Waals surface area contributed by atoms with Crippen LogP contribution in [0.15, 0.2) is 146 Å². The maximum absolute atomic E-state index is 12.0. The van der Waals surface area contributed by atoms with Gasteiger partial charge in [0.2, 0.25) is 0 Å². The molecule has 8 aromatic rings. The molecule has 0 spiro atoms. The number of esters is 1. The number of hydrogen-bond donors (Lipinski definition) is 2. The number of anilines is 4. The van der Waals surface area contributed by atoms with Crippen LogP contribution in [0.25, 0.3) is 44.6 Å². The van der Waals surface area contributed by atoms with E-state index in [0.717, 1.165) is 58.3 Å². The highest BCUT2D eigenvalue weighted by Crippen LogP contribution is 2.41. The molecule has 2 aromatic heterocycles.